The molecule has 0 atom stereocenters. The van der Waals surface area contributed by atoms with Crippen LogP contribution < -0.4 is 0 Å². The molecular formula is C5H14O6P2. The van der Waals surface area contributed by atoms with Crippen LogP contribution in [0, 0.1) is 5.41 Å². The van der Waals surface area contributed by atoms with Crippen LogP contribution in [0.3, 0.4) is 0 Å². The van der Waals surface area contributed by atoms with E-state index in [2.05, 4.69) is 0 Å². The van der Waals surface area contributed by atoms with Gasteiger partial charge in [-0.2, -0.15) is 0 Å². The van der Waals surface area contributed by atoms with Crippen LogP contribution in [0.15, 0.2) is 0 Å². The maximum atomic E-state index is 10.8. The fourth-order valence-corrected chi connectivity index (χ4v) is 4.79. The molecule has 0 aromatic carbocycles. The summed E-state index contributed by atoms with van der Waals surface area (Å²) in [6.45, 7) is 4.11. The first kappa shape index (κ1) is 13.3. The first-order valence-electron chi connectivity index (χ1n) is 3.47. The molecule has 80 valence electrons. The third kappa shape index (κ3) is 3.90. The van der Waals surface area contributed by atoms with Crippen LogP contribution in [0.25, 0.3) is 0 Å². The Morgan fingerprint density at radius 2 is 1.15 bits per heavy atom. The highest BCUT2D eigenvalue weighted by molar-refractivity contribution is 7.70. The molecule has 0 heterocycles. The molecule has 0 aliphatic rings. The van der Waals surface area contributed by atoms with E-state index in [0.29, 0.717) is 0 Å². The molecule has 0 aliphatic heterocycles. The average molecular weight is 232 g/mol. The van der Waals surface area contributed by atoms with Gasteiger partial charge >= 0.3 is 15.2 Å². The molecule has 0 saturated heterocycles. The zero-order valence-electron chi connectivity index (χ0n) is 7.58. The Bertz CT molecular complexity index is 245. The number of rotatable bonds is 2. The summed E-state index contributed by atoms with van der Waals surface area (Å²) in [5.41, 5.74) is -1.14. The molecule has 0 fully saturated rings. The molecule has 0 amide bonds. The summed E-state index contributed by atoms with van der Waals surface area (Å²) in [5, 5.41) is -1.94. The molecular weight excluding hydrogens is 218 g/mol. The second-order valence-corrected chi connectivity index (χ2v) is 7.71. The molecule has 0 unspecified atom stereocenters. The van der Waals surface area contributed by atoms with Gasteiger partial charge in [0.15, 0.2) is 5.40 Å². The third-order valence-electron chi connectivity index (χ3n) is 1.41. The first-order valence-corrected chi connectivity index (χ1v) is 6.83. The highest BCUT2D eigenvalue weighted by Gasteiger charge is 2.50. The molecule has 13 heavy (non-hydrogen) atoms. The summed E-state index contributed by atoms with van der Waals surface area (Å²) in [7, 11) is -9.56. The van der Waals surface area contributed by atoms with Crippen molar-refractivity contribution in [2.45, 2.75) is 26.2 Å². The monoisotopic (exact) mass is 232 g/mol. The van der Waals surface area contributed by atoms with Crippen molar-refractivity contribution >= 4 is 15.2 Å². The maximum Gasteiger partial charge on any atom is 0.341 e. The van der Waals surface area contributed by atoms with Gasteiger partial charge in [-0.3, -0.25) is 9.13 Å². The van der Waals surface area contributed by atoms with Crippen molar-refractivity contribution in [2.75, 3.05) is 0 Å². The van der Waals surface area contributed by atoms with Crippen LogP contribution in [-0.4, -0.2) is 25.0 Å². The molecule has 0 aromatic heterocycles. The van der Waals surface area contributed by atoms with E-state index in [4.69, 9.17) is 19.6 Å². The third-order valence-corrected chi connectivity index (χ3v) is 6.04. The van der Waals surface area contributed by atoms with Gasteiger partial charge in [-0.25, -0.2) is 0 Å². The Balaban J connectivity index is 5.28. The predicted octanol–water partition coefficient (Wildman–Crippen LogP) is 0.714. The Labute approximate surface area is 76.3 Å². The van der Waals surface area contributed by atoms with Gasteiger partial charge in [-0.1, -0.05) is 20.8 Å². The van der Waals surface area contributed by atoms with Crippen molar-refractivity contribution in [2.24, 2.45) is 5.41 Å². The predicted molar refractivity (Wildman–Crippen MR) is 47.3 cm³/mol. The first-order chi connectivity index (χ1) is 5.37. The Morgan fingerprint density at radius 3 is 1.15 bits per heavy atom. The topological polar surface area (TPSA) is 115 Å². The molecule has 0 bridgehead atoms. The van der Waals surface area contributed by atoms with Crippen LogP contribution in [0.1, 0.15) is 20.8 Å². The minimum atomic E-state index is -4.78. The molecule has 0 saturated carbocycles. The van der Waals surface area contributed by atoms with E-state index >= 15 is 0 Å². The highest BCUT2D eigenvalue weighted by Crippen LogP contribution is 2.65. The molecule has 8 heteroatoms. The van der Waals surface area contributed by atoms with Crippen molar-refractivity contribution < 1.29 is 28.7 Å². The van der Waals surface area contributed by atoms with Gasteiger partial charge in [0.05, 0.1) is 0 Å². The number of hydrogen-bond donors (Lipinski definition) is 4. The fourth-order valence-electron chi connectivity index (χ4n) is 1.20. The van der Waals surface area contributed by atoms with Gasteiger partial charge in [-0.15, -0.1) is 0 Å². The summed E-state index contributed by atoms with van der Waals surface area (Å²) < 4.78 is 21.7. The minimum Gasteiger partial charge on any atom is -0.324 e. The van der Waals surface area contributed by atoms with Crippen LogP contribution in [-0.2, 0) is 9.13 Å². The summed E-state index contributed by atoms with van der Waals surface area (Å²) in [6.07, 6.45) is 0. The molecule has 0 aliphatic carbocycles. The lowest BCUT2D eigenvalue weighted by Gasteiger charge is -2.31. The Kier molecular flexibility index (Phi) is 3.54. The van der Waals surface area contributed by atoms with E-state index < -0.39 is 26.0 Å². The summed E-state index contributed by atoms with van der Waals surface area (Å²) >= 11 is 0. The standard InChI is InChI=1S/C5H14O6P2/c1-5(2,3)4(12(6,7)8)13(9,10)11/h4H,1-3H3,(H2,6,7,8)(H2,9,10,11). The van der Waals surface area contributed by atoms with Crippen molar-refractivity contribution in [1.29, 1.82) is 0 Å². The number of hydrogen-bond acceptors (Lipinski definition) is 2. The van der Waals surface area contributed by atoms with Crippen LogP contribution in [0.4, 0.5) is 0 Å². The average Bonchev–Trinajstić information content (AvgIpc) is 1.44. The Hall–Kier alpha value is 0.300. The normalized spacial score (nSPS) is 15.1. The van der Waals surface area contributed by atoms with Gasteiger partial charge in [-0.05, 0) is 5.41 Å². The van der Waals surface area contributed by atoms with Crippen molar-refractivity contribution in [3.8, 4) is 0 Å². The smallest absolute Gasteiger partial charge is 0.324 e. The largest absolute Gasteiger partial charge is 0.341 e. The second-order valence-electron chi connectivity index (χ2n) is 3.92. The maximum absolute atomic E-state index is 10.8. The highest BCUT2D eigenvalue weighted by atomic mass is 31.2. The fraction of sp³-hybridized carbons (Fsp3) is 1.00. The molecule has 0 aromatic rings. The van der Waals surface area contributed by atoms with Gasteiger partial charge in [0, 0.05) is 0 Å². The van der Waals surface area contributed by atoms with E-state index in [1.165, 1.54) is 20.8 Å². The lowest BCUT2D eigenvalue weighted by atomic mass is 10.00. The summed E-state index contributed by atoms with van der Waals surface area (Å²) in [5.74, 6) is 0. The van der Waals surface area contributed by atoms with E-state index in [9.17, 15) is 9.13 Å². The van der Waals surface area contributed by atoms with E-state index in [-0.39, 0.29) is 0 Å². The van der Waals surface area contributed by atoms with Crippen LogP contribution in [0.5, 0.6) is 0 Å². The van der Waals surface area contributed by atoms with Crippen molar-refractivity contribution in [1.82, 2.24) is 0 Å². The second kappa shape index (κ2) is 3.46. The minimum absolute atomic E-state index is 1.14. The lowest BCUT2D eigenvalue weighted by molar-refractivity contribution is 0.289. The molecule has 6 nitrogen and oxygen atoms in total. The van der Waals surface area contributed by atoms with Gasteiger partial charge in [0.2, 0.25) is 0 Å². The van der Waals surface area contributed by atoms with Crippen molar-refractivity contribution in [3.63, 3.8) is 0 Å². The van der Waals surface area contributed by atoms with E-state index in [0.717, 1.165) is 0 Å². The lowest BCUT2D eigenvalue weighted by Crippen LogP contribution is -2.26. The SMILES string of the molecule is CC(C)(C)C(P(=O)(O)O)P(=O)(O)O. The molecule has 4 N–H and O–H groups in total. The van der Waals surface area contributed by atoms with E-state index in [1.807, 2.05) is 0 Å². The van der Waals surface area contributed by atoms with Crippen LogP contribution in [0.2, 0.25) is 0 Å². The molecule has 0 radical (unpaired) electrons. The zero-order valence-corrected chi connectivity index (χ0v) is 9.37. The zero-order chi connectivity index (χ0) is 11.1. The van der Waals surface area contributed by atoms with Crippen LogP contribution >= 0.6 is 15.2 Å². The van der Waals surface area contributed by atoms with Crippen molar-refractivity contribution in [3.05, 3.63) is 0 Å². The van der Waals surface area contributed by atoms with Gasteiger partial charge in [0.25, 0.3) is 0 Å². The quantitative estimate of drug-likeness (QED) is 0.521. The summed E-state index contributed by atoms with van der Waals surface area (Å²) in [6, 6.07) is 0. The summed E-state index contributed by atoms with van der Waals surface area (Å²) in [4.78, 5) is 35.1. The van der Waals surface area contributed by atoms with Gasteiger partial charge in [0.1, 0.15) is 0 Å². The molecule has 0 rings (SSSR count). The molecule has 0 spiro atoms. The Morgan fingerprint density at radius 1 is 0.923 bits per heavy atom. The van der Waals surface area contributed by atoms with Gasteiger partial charge < -0.3 is 19.6 Å². The van der Waals surface area contributed by atoms with E-state index in [1.54, 1.807) is 0 Å².